The summed E-state index contributed by atoms with van der Waals surface area (Å²) in [6.07, 6.45) is 1.73. The maximum absolute atomic E-state index is 11.8. The van der Waals surface area contributed by atoms with E-state index in [9.17, 15) is 9.59 Å². The van der Waals surface area contributed by atoms with Crippen LogP contribution < -0.4 is 0 Å². The van der Waals surface area contributed by atoms with E-state index in [0.29, 0.717) is 25.8 Å². The van der Waals surface area contributed by atoms with E-state index in [2.05, 4.69) is 0 Å². The SMILES string of the molecule is Cc1ccc(CN(C)C(=O)CCCCC(=O)O)cc1. The molecule has 4 heteroatoms. The van der Waals surface area contributed by atoms with Gasteiger partial charge in [0.2, 0.25) is 5.91 Å². The van der Waals surface area contributed by atoms with E-state index in [-0.39, 0.29) is 12.3 Å². The molecule has 0 saturated carbocycles. The molecule has 19 heavy (non-hydrogen) atoms. The van der Waals surface area contributed by atoms with Gasteiger partial charge in [-0.2, -0.15) is 0 Å². The predicted octanol–water partition coefficient (Wildman–Crippen LogP) is 2.60. The highest BCUT2D eigenvalue weighted by Crippen LogP contribution is 2.08. The number of rotatable bonds is 7. The number of hydrogen-bond acceptors (Lipinski definition) is 2. The third-order valence-electron chi connectivity index (χ3n) is 3.00. The molecule has 0 atom stereocenters. The third kappa shape index (κ3) is 6.04. The topological polar surface area (TPSA) is 57.6 Å². The number of carboxylic acid groups (broad SMARTS) is 1. The lowest BCUT2D eigenvalue weighted by Crippen LogP contribution is -2.25. The van der Waals surface area contributed by atoms with Gasteiger partial charge in [-0.25, -0.2) is 0 Å². The molecule has 0 fully saturated rings. The first-order valence-electron chi connectivity index (χ1n) is 6.50. The second-order valence-electron chi connectivity index (χ2n) is 4.84. The van der Waals surface area contributed by atoms with Gasteiger partial charge in [-0.1, -0.05) is 29.8 Å². The first kappa shape index (κ1) is 15.2. The quantitative estimate of drug-likeness (QED) is 0.769. The van der Waals surface area contributed by atoms with Crippen molar-refractivity contribution in [3.63, 3.8) is 0 Å². The Morgan fingerprint density at radius 2 is 1.68 bits per heavy atom. The fourth-order valence-corrected chi connectivity index (χ4v) is 1.80. The molecule has 1 aromatic carbocycles. The van der Waals surface area contributed by atoms with E-state index < -0.39 is 5.97 Å². The monoisotopic (exact) mass is 263 g/mol. The number of carbonyl (C=O) groups is 2. The number of amides is 1. The van der Waals surface area contributed by atoms with Crippen LogP contribution in [0.15, 0.2) is 24.3 Å². The smallest absolute Gasteiger partial charge is 0.303 e. The van der Waals surface area contributed by atoms with Gasteiger partial charge in [0.25, 0.3) is 0 Å². The van der Waals surface area contributed by atoms with Gasteiger partial charge in [-0.15, -0.1) is 0 Å². The van der Waals surface area contributed by atoms with Gasteiger partial charge >= 0.3 is 5.97 Å². The number of benzene rings is 1. The number of nitrogens with zero attached hydrogens (tertiary/aromatic N) is 1. The molecule has 1 amide bonds. The molecule has 0 radical (unpaired) electrons. The van der Waals surface area contributed by atoms with Gasteiger partial charge < -0.3 is 10.0 Å². The molecular weight excluding hydrogens is 242 g/mol. The van der Waals surface area contributed by atoms with Gasteiger partial charge in [-0.05, 0) is 25.3 Å². The van der Waals surface area contributed by atoms with Crippen LogP contribution in [0.1, 0.15) is 36.8 Å². The number of carboxylic acids is 1. The van der Waals surface area contributed by atoms with Crippen molar-refractivity contribution in [3.05, 3.63) is 35.4 Å². The summed E-state index contributed by atoms with van der Waals surface area (Å²) in [4.78, 5) is 23.9. The summed E-state index contributed by atoms with van der Waals surface area (Å²) in [7, 11) is 1.78. The van der Waals surface area contributed by atoms with Crippen LogP contribution in [0.25, 0.3) is 0 Å². The average Bonchev–Trinajstić information content (AvgIpc) is 2.36. The van der Waals surface area contributed by atoms with Gasteiger partial charge in [0.05, 0.1) is 0 Å². The van der Waals surface area contributed by atoms with Crippen LogP contribution >= 0.6 is 0 Å². The van der Waals surface area contributed by atoms with Gasteiger partial charge in [0, 0.05) is 26.4 Å². The fraction of sp³-hybridized carbons (Fsp3) is 0.467. The van der Waals surface area contributed by atoms with Crippen molar-refractivity contribution in [2.75, 3.05) is 7.05 Å². The fourth-order valence-electron chi connectivity index (χ4n) is 1.80. The molecule has 0 aromatic heterocycles. The van der Waals surface area contributed by atoms with Gasteiger partial charge in [0.1, 0.15) is 0 Å². The minimum Gasteiger partial charge on any atom is -0.481 e. The zero-order valence-electron chi connectivity index (χ0n) is 11.6. The van der Waals surface area contributed by atoms with Crippen molar-refractivity contribution in [1.29, 1.82) is 0 Å². The summed E-state index contributed by atoms with van der Waals surface area (Å²) in [5.41, 5.74) is 2.30. The largest absolute Gasteiger partial charge is 0.481 e. The highest BCUT2D eigenvalue weighted by atomic mass is 16.4. The molecule has 1 aromatic rings. The summed E-state index contributed by atoms with van der Waals surface area (Å²) in [6, 6.07) is 8.09. The van der Waals surface area contributed by atoms with Crippen molar-refractivity contribution in [2.24, 2.45) is 0 Å². The second-order valence-corrected chi connectivity index (χ2v) is 4.84. The Balaban J connectivity index is 2.32. The Hall–Kier alpha value is -1.84. The maximum Gasteiger partial charge on any atom is 0.303 e. The number of aliphatic carboxylic acids is 1. The standard InChI is InChI=1S/C15H21NO3/c1-12-7-9-13(10-8-12)11-16(2)14(17)5-3-4-6-15(18)19/h7-10H,3-6,11H2,1-2H3,(H,18,19). The van der Waals surface area contributed by atoms with Crippen molar-refractivity contribution in [3.8, 4) is 0 Å². The lowest BCUT2D eigenvalue weighted by atomic mass is 10.1. The molecule has 0 bridgehead atoms. The minimum absolute atomic E-state index is 0.0611. The Morgan fingerprint density at radius 1 is 1.11 bits per heavy atom. The molecule has 104 valence electrons. The minimum atomic E-state index is -0.805. The van der Waals surface area contributed by atoms with Crippen molar-refractivity contribution in [2.45, 2.75) is 39.2 Å². The first-order valence-corrected chi connectivity index (χ1v) is 6.50. The molecule has 0 aliphatic carbocycles. The molecule has 0 unspecified atom stereocenters. The third-order valence-corrected chi connectivity index (χ3v) is 3.00. The summed E-state index contributed by atoms with van der Waals surface area (Å²) in [5.74, 6) is -0.744. The highest BCUT2D eigenvalue weighted by molar-refractivity contribution is 5.75. The normalized spacial score (nSPS) is 10.2. The van der Waals surface area contributed by atoms with E-state index in [4.69, 9.17) is 5.11 Å². The molecule has 4 nitrogen and oxygen atoms in total. The van der Waals surface area contributed by atoms with Crippen LogP contribution in [0, 0.1) is 6.92 Å². The Labute approximate surface area is 114 Å². The molecule has 1 N–H and O–H groups in total. The summed E-state index contributed by atoms with van der Waals surface area (Å²) in [5, 5.41) is 8.51. The van der Waals surface area contributed by atoms with Crippen molar-refractivity contribution >= 4 is 11.9 Å². The Bertz CT molecular complexity index is 426. The zero-order valence-corrected chi connectivity index (χ0v) is 11.6. The lowest BCUT2D eigenvalue weighted by Gasteiger charge is -2.17. The van der Waals surface area contributed by atoms with Gasteiger partial charge in [-0.3, -0.25) is 9.59 Å². The maximum atomic E-state index is 11.8. The van der Waals surface area contributed by atoms with Crippen LogP contribution in [-0.4, -0.2) is 28.9 Å². The molecule has 0 heterocycles. The lowest BCUT2D eigenvalue weighted by molar-refractivity contribution is -0.137. The number of hydrogen-bond donors (Lipinski definition) is 1. The summed E-state index contributed by atoms with van der Waals surface area (Å²) >= 11 is 0. The van der Waals surface area contributed by atoms with Crippen LogP contribution in [0.2, 0.25) is 0 Å². The van der Waals surface area contributed by atoms with E-state index in [0.717, 1.165) is 5.56 Å². The summed E-state index contributed by atoms with van der Waals surface area (Å²) < 4.78 is 0. The molecule has 0 aliphatic rings. The number of unbranched alkanes of at least 4 members (excludes halogenated alkanes) is 1. The molecule has 1 rings (SSSR count). The van der Waals surface area contributed by atoms with Crippen molar-refractivity contribution < 1.29 is 14.7 Å². The van der Waals surface area contributed by atoms with E-state index in [1.807, 2.05) is 31.2 Å². The molecule has 0 aliphatic heterocycles. The number of aryl methyl sites for hydroxylation is 1. The van der Waals surface area contributed by atoms with Gasteiger partial charge in [0.15, 0.2) is 0 Å². The van der Waals surface area contributed by atoms with E-state index in [1.165, 1.54) is 5.56 Å². The molecule has 0 spiro atoms. The highest BCUT2D eigenvalue weighted by Gasteiger charge is 2.09. The molecule has 0 saturated heterocycles. The molecular formula is C15H21NO3. The average molecular weight is 263 g/mol. The predicted molar refractivity (Wildman–Crippen MR) is 73.8 cm³/mol. The Kier molecular flexibility index (Phi) is 6.06. The second kappa shape index (κ2) is 7.56. The summed E-state index contributed by atoms with van der Waals surface area (Å²) in [6.45, 7) is 2.62. The van der Waals surface area contributed by atoms with Crippen LogP contribution in [0.3, 0.4) is 0 Å². The van der Waals surface area contributed by atoms with E-state index in [1.54, 1.807) is 11.9 Å². The van der Waals surface area contributed by atoms with Crippen LogP contribution in [-0.2, 0) is 16.1 Å². The first-order chi connectivity index (χ1) is 8.99. The van der Waals surface area contributed by atoms with Crippen LogP contribution in [0.4, 0.5) is 0 Å². The Morgan fingerprint density at radius 3 is 2.26 bits per heavy atom. The zero-order chi connectivity index (χ0) is 14.3. The van der Waals surface area contributed by atoms with E-state index >= 15 is 0 Å². The van der Waals surface area contributed by atoms with Crippen molar-refractivity contribution in [1.82, 2.24) is 4.90 Å². The number of carbonyl (C=O) groups excluding carboxylic acids is 1. The van der Waals surface area contributed by atoms with Crippen LogP contribution in [0.5, 0.6) is 0 Å².